The Hall–Kier alpha value is -3.02. The molecule has 0 aromatic carbocycles. The Bertz CT molecular complexity index is 754. The molecule has 0 aliphatic carbocycles. The second-order valence-electron chi connectivity index (χ2n) is 5.83. The lowest BCUT2D eigenvalue weighted by atomic mass is 10.1. The molecule has 3 rings (SSSR count). The summed E-state index contributed by atoms with van der Waals surface area (Å²) in [6.07, 6.45) is 5.01. The van der Waals surface area contributed by atoms with Gasteiger partial charge >= 0.3 is 6.03 Å². The van der Waals surface area contributed by atoms with Gasteiger partial charge in [-0.15, -0.1) is 0 Å². The Labute approximate surface area is 151 Å². The fourth-order valence-corrected chi connectivity index (χ4v) is 2.82. The quantitative estimate of drug-likeness (QED) is 0.846. The van der Waals surface area contributed by atoms with Crippen molar-refractivity contribution in [2.45, 2.75) is 6.04 Å². The molecule has 1 atom stereocenters. The predicted molar refractivity (Wildman–Crippen MR) is 95.3 cm³/mol. The van der Waals surface area contributed by atoms with Crippen molar-refractivity contribution in [3.05, 3.63) is 54.1 Å². The normalized spacial score (nSPS) is 15.7. The average Bonchev–Trinajstić information content (AvgIpc) is 2.70. The number of amides is 2. The molecule has 8 nitrogen and oxygen atoms in total. The number of carbonyl (C=O) groups excluding carboxylic acids is 1. The number of morpholine rings is 1. The van der Waals surface area contributed by atoms with Crippen LogP contribution >= 0.6 is 0 Å². The first-order valence-electron chi connectivity index (χ1n) is 8.39. The summed E-state index contributed by atoms with van der Waals surface area (Å²) in [5.74, 6) is 0. The van der Waals surface area contributed by atoms with E-state index in [1.165, 1.54) is 6.20 Å². The zero-order chi connectivity index (χ0) is 18.2. The molecule has 0 radical (unpaired) electrons. The molecule has 0 unspecified atom stereocenters. The van der Waals surface area contributed by atoms with Gasteiger partial charge in [-0.2, -0.15) is 5.26 Å². The highest BCUT2D eigenvalue weighted by Gasteiger charge is 2.23. The predicted octanol–water partition coefficient (Wildman–Crippen LogP) is 1.54. The van der Waals surface area contributed by atoms with Crippen molar-refractivity contribution in [2.75, 3.05) is 38.2 Å². The van der Waals surface area contributed by atoms with Gasteiger partial charge in [0.15, 0.2) is 0 Å². The summed E-state index contributed by atoms with van der Waals surface area (Å²) in [4.78, 5) is 22.6. The summed E-state index contributed by atoms with van der Waals surface area (Å²) < 4.78 is 5.42. The smallest absolute Gasteiger partial charge is 0.319 e. The molecule has 0 spiro atoms. The number of hydrogen-bond donors (Lipinski definition) is 2. The van der Waals surface area contributed by atoms with Crippen molar-refractivity contribution in [1.82, 2.24) is 20.2 Å². The third kappa shape index (κ3) is 4.75. The summed E-state index contributed by atoms with van der Waals surface area (Å²) in [6, 6.07) is 8.75. The Balaban J connectivity index is 1.61. The average molecular weight is 352 g/mol. The van der Waals surface area contributed by atoms with E-state index in [9.17, 15) is 4.79 Å². The standard InChI is InChI=1S/C18H20N6O2/c19-10-15-3-4-16(12-21-15)23-18(25)22-13-17(14-2-1-5-20-11-14)24-6-8-26-9-7-24/h1-5,11-12,17H,6-9,13H2,(H2,22,23,25)/t17-/m1/s1. The summed E-state index contributed by atoms with van der Waals surface area (Å²) in [5.41, 5.74) is 1.89. The van der Waals surface area contributed by atoms with Gasteiger partial charge in [0.05, 0.1) is 31.1 Å². The minimum Gasteiger partial charge on any atom is -0.379 e. The highest BCUT2D eigenvalue weighted by atomic mass is 16.5. The molecule has 2 aromatic rings. The van der Waals surface area contributed by atoms with Crippen molar-refractivity contribution in [1.29, 1.82) is 5.26 Å². The van der Waals surface area contributed by atoms with Crippen LogP contribution in [0.25, 0.3) is 0 Å². The van der Waals surface area contributed by atoms with E-state index in [1.807, 2.05) is 24.4 Å². The molecule has 0 saturated carbocycles. The zero-order valence-corrected chi connectivity index (χ0v) is 14.3. The largest absolute Gasteiger partial charge is 0.379 e. The fraction of sp³-hybridized carbons (Fsp3) is 0.333. The molecule has 1 saturated heterocycles. The Morgan fingerprint density at radius 3 is 2.81 bits per heavy atom. The molecule has 1 aliphatic rings. The van der Waals surface area contributed by atoms with Crippen LogP contribution in [0.1, 0.15) is 17.3 Å². The van der Waals surface area contributed by atoms with E-state index < -0.39 is 0 Å². The van der Waals surface area contributed by atoms with E-state index in [2.05, 4.69) is 25.5 Å². The summed E-state index contributed by atoms with van der Waals surface area (Å²) in [7, 11) is 0. The molecular weight excluding hydrogens is 332 g/mol. The number of pyridine rings is 2. The van der Waals surface area contributed by atoms with Crippen molar-refractivity contribution >= 4 is 11.7 Å². The number of anilines is 1. The van der Waals surface area contributed by atoms with E-state index in [0.29, 0.717) is 31.1 Å². The van der Waals surface area contributed by atoms with E-state index in [1.54, 1.807) is 18.3 Å². The zero-order valence-electron chi connectivity index (χ0n) is 14.3. The SMILES string of the molecule is N#Cc1ccc(NC(=O)NC[C@H](c2cccnc2)N2CCOCC2)cn1. The maximum Gasteiger partial charge on any atom is 0.319 e. The van der Waals surface area contributed by atoms with Crippen LogP contribution in [-0.4, -0.2) is 53.7 Å². The number of carbonyl (C=O) groups is 1. The molecule has 134 valence electrons. The number of nitrogens with one attached hydrogen (secondary N) is 2. The molecule has 26 heavy (non-hydrogen) atoms. The summed E-state index contributed by atoms with van der Waals surface area (Å²) >= 11 is 0. The summed E-state index contributed by atoms with van der Waals surface area (Å²) in [6.45, 7) is 3.42. The lowest BCUT2D eigenvalue weighted by Gasteiger charge is -2.34. The number of hydrogen-bond acceptors (Lipinski definition) is 6. The Kier molecular flexibility index (Phi) is 6.09. The lowest BCUT2D eigenvalue weighted by Crippen LogP contribution is -2.44. The van der Waals surface area contributed by atoms with E-state index in [-0.39, 0.29) is 12.1 Å². The van der Waals surface area contributed by atoms with Crippen LogP contribution < -0.4 is 10.6 Å². The number of rotatable bonds is 5. The van der Waals surface area contributed by atoms with Crippen LogP contribution in [0.2, 0.25) is 0 Å². The number of aromatic nitrogens is 2. The van der Waals surface area contributed by atoms with Crippen LogP contribution in [0.5, 0.6) is 0 Å². The second-order valence-corrected chi connectivity index (χ2v) is 5.83. The van der Waals surface area contributed by atoms with Gasteiger partial charge in [0, 0.05) is 32.0 Å². The topological polar surface area (TPSA) is 103 Å². The fourth-order valence-electron chi connectivity index (χ4n) is 2.82. The first-order valence-corrected chi connectivity index (χ1v) is 8.39. The number of ether oxygens (including phenoxy) is 1. The number of nitriles is 1. The minimum absolute atomic E-state index is 0.0254. The van der Waals surface area contributed by atoms with Gasteiger partial charge in [-0.1, -0.05) is 6.07 Å². The van der Waals surface area contributed by atoms with Crippen LogP contribution in [0.4, 0.5) is 10.5 Å². The monoisotopic (exact) mass is 352 g/mol. The van der Waals surface area contributed by atoms with Crippen LogP contribution in [-0.2, 0) is 4.74 Å². The molecule has 8 heteroatoms. The molecule has 2 aromatic heterocycles. The van der Waals surface area contributed by atoms with Gasteiger partial charge in [-0.05, 0) is 23.8 Å². The highest BCUT2D eigenvalue weighted by molar-refractivity contribution is 5.89. The number of nitrogens with zero attached hydrogens (tertiary/aromatic N) is 4. The highest BCUT2D eigenvalue weighted by Crippen LogP contribution is 2.20. The third-order valence-corrected chi connectivity index (χ3v) is 4.15. The number of urea groups is 1. The first-order chi connectivity index (χ1) is 12.8. The molecule has 1 fully saturated rings. The molecule has 1 aliphatic heterocycles. The second kappa shape index (κ2) is 8.89. The Morgan fingerprint density at radius 1 is 1.31 bits per heavy atom. The van der Waals surface area contributed by atoms with E-state index >= 15 is 0 Å². The van der Waals surface area contributed by atoms with Crippen molar-refractivity contribution < 1.29 is 9.53 Å². The third-order valence-electron chi connectivity index (χ3n) is 4.15. The first kappa shape index (κ1) is 17.8. The van der Waals surface area contributed by atoms with Gasteiger partial charge < -0.3 is 15.4 Å². The minimum atomic E-state index is -0.321. The van der Waals surface area contributed by atoms with Crippen molar-refractivity contribution in [2.24, 2.45) is 0 Å². The van der Waals surface area contributed by atoms with Crippen LogP contribution in [0, 0.1) is 11.3 Å². The van der Waals surface area contributed by atoms with Crippen molar-refractivity contribution in [3.63, 3.8) is 0 Å². The summed E-state index contributed by atoms with van der Waals surface area (Å²) in [5, 5.41) is 14.4. The van der Waals surface area contributed by atoms with Crippen LogP contribution in [0.15, 0.2) is 42.9 Å². The lowest BCUT2D eigenvalue weighted by molar-refractivity contribution is 0.0167. The maximum atomic E-state index is 12.2. The van der Waals surface area contributed by atoms with Crippen LogP contribution in [0.3, 0.4) is 0 Å². The maximum absolute atomic E-state index is 12.2. The Morgan fingerprint density at radius 2 is 2.15 bits per heavy atom. The van der Waals surface area contributed by atoms with Gasteiger partial charge in [0.25, 0.3) is 0 Å². The molecule has 2 amide bonds. The van der Waals surface area contributed by atoms with Gasteiger partial charge in [0.1, 0.15) is 11.8 Å². The van der Waals surface area contributed by atoms with Gasteiger partial charge in [-0.25, -0.2) is 9.78 Å². The molecule has 2 N–H and O–H groups in total. The van der Waals surface area contributed by atoms with Gasteiger partial charge in [0.2, 0.25) is 0 Å². The van der Waals surface area contributed by atoms with E-state index in [4.69, 9.17) is 10.00 Å². The molecular formula is C18H20N6O2. The van der Waals surface area contributed by atoms with Gasteiger partial charge in [-0.3, -0.25) is 9.88 Å². The molecule has 3 heterocycles. The van der Waals surface area contributed by atoms with E-state index in [0.717, 1.165) is 18.7 Å². The molecule has 0 bridgehead atoms. The van der Waals surface area contributed by atoms with Crippen molar-refractivity contribution in [3.8, 4) is 6.07 Å².